The van der Waals surface area contributed by atoms with Crippen molar-refractivity contribution in [3.05, 3.63) is 22.5 Å². The number of rotatable bonds is 0. The summed E-state index contributed by atoms with van der Waals surface area (Å²) in [5, 5.41) is 9.36. The number of allylic oxidation sites excluding steroid dienone is 3. The van der Waals surface area contributed by atoms with Gasteiger partial charge in [0.15, 0.2) is 5.76 Å². The van der Waals surface area contributed by atoms with Gasteiger partial charge in [0.1, 0.15) is 0 Å². The van der Waals surface area contributed by atoms with Crippen LogP contribution in [0.5, 0.6) is 0 Å². The van der Waals surface area contributed by atoms with Crippen molar-refractivity contribution < 1.29 is 9.90 Å². The number of carbonyl (C=O) groups excluding carboxylic acids is 1. The predicted octanol–water partition coefficient (Wildman–Crippen LogP) is 2.52. The van der Waals surface area contributed by atoms with Crippen molar-refractivity contribution in [2.45, 2.75) is 33.6 Å². The highest BCUT2D eigenvalue weighted by molar-refractivity contribution is 6.08. The van der Waals surface area contributed by atoms with Gasteiger partial charge in [-0.05, 0) is 39.2 Å². The molecule has 1 aliphatic rings. The van der Waals surface area contributed by atoms with Gasteiger partial charge in [-0.3, -0.25) is 4.79 Å². The quantitative estimate of drug-likeness (QED) is 0.561. The van der Waals surface area contributed by atoms with Crippen LogP contribution < -0.4 is 0 Å². The zero-order valence-corrected chi connectivity index (χ0v) is 7.77. The standard InChI is InChI=1S/C10H14O2/c1-6(2)8-5-4-7(3)9(11)10(8)12/h11H,4-5H2,1-3H3. The lowest BCUT2D eigenvalue weighted by molar-refractivity contribution is -0.115. The van der Waals surface area contributed by atoms with Gasteiger partial charge in [-0.2, -0.15) is 0 Å². The Labute approximate surface area is 72.6 Å². The average molecular weight is 166 g/mol. The second-order valence-corrected chi connectivity index (χ2v) is 3.44. The molecule has 0 unspecified atom stereocenters. The Hall–Kier alpha value is -1.05. The Balaban J connectivity index is 3.09. The molecule has 0 fully saturated rings. The van der Waals surface area contributed by atoms with Gasteiger partial charge in [0.05, 0.1) is 0 Å². The van der Waals surface area contributed by atoms with Crippen LogP contribution in [0.15, 0.2) is 22.5 Å². The lowest BCUT2D eigenvalue weighted by atomic mass is 9.90. The first-order valence-corrected chi connectivity index (χ1v) is 4.13. The van der Waals surface area contributed by atoms with Crippen molar-refractivity contribution in [3.8, 4) is 0 Å². The fourth-order valence-corrected chi connectivity index (χ4v) is 1.36. The van der Waals surface area contributed by atoms with Gasteiger partial charge in [-0.1, -0.05) is 5.57 Å². The van der Waals surface area contributed by atoms with Gasteiger partial charge in [-0.25, -0.2) is 0 Å². The summed E-state index contributed by atoms with van der Waals surface area (Å²) in [5.74, 6) is -0.226. The molecule has 0 heterocycles. The van der Waals surface area contributed by atoms with E-state index in [1.807, 2.05) is 13.8 Å². The zero-order valence-electron chi connectivity index (χ0n) is 7.77. The molecule has 0 aromatic rings. The first kappa shape index (κ1) is 9.04. The minimum Gasteiger partial charge on any atom is -0.504 e. The third kappa shape index (κ3) is 1.42. The molecule has 1 rings (SSSR count). The van der Waals surface area contributed by atoms with Crippen LogP contribution in [0.1, 0.15) is 33.6 Å². The molecule has 0 saturated heterocycles. The van der Waals surface area contributed by atoms with Crippen LogP contribution in [0.4, 0.5) is 0 Å². The highest BCUT2D eigenvalue weighted by atomic mass is 16.3. The Morgan fingerprint density at radius 1 is 1.33 bits per heavy atom. The fourth-order valence-electron chi connectivity index (χ4n) is 1.36. The van der Waals surface area contributed by atoms with Crippen molar-refractivity contribution in [2.75, 3.05) is 0 Å². The van der Waals surface area contributed by atoms with E-state index in [1.54, 1.807) is 6.92 Å². The SMILES string of the molecule is CC(C)=C1CCC(C)=C(O)C1=O. The van der Waals surface area contributed by atoms with E-state index in [1.165, 1.54) is 0 Å². The van der Waals surface area contributed by atoms with E-state index in [-0.39, 0.29) is 11.5 Å². The summed E-state index contributed by atoms with van der Waals surface area (Å²) in [5.41, 5.74) is 2.60. The maximum atomic E-state index is 11.4. The minimum atomic E-state index is -0.182. The first-order chi connectivity index (χ1) is 5.54. The minimum absolute atomic E-state index is 0.0440. The summed E-state index contributed by atoms with van der Waals surface area (Å²) in [4.78, 5) is 11.4. The molecule has 0 spiro atoms. The molecule has 2 heteroatoms. The number of aliphatic hydroxyl groups is 1. The van der Waals surface area contributed by atoms with Gasteiger partial charge < -0.3 is 5.11 Å². The van der Waals surface area contributed by atoms with Crippen LogP contribution in [-0.4, -0.2) is 10.9 Å². The first-order valence-electron chi connectivity index (χ1n) is 4.13. The largest absolute Gasteiger partial charge is 0.504 e. The van der Waals surface area contributed by atoms with Crippen LogP contribution in [0.25, 0.3) is 0 Å². The van der Waals surface area contributed by atoms with Gasteiger partial charge >= 0.3 is 0 Å². The maximum Gasteiger partial charge on any atom is 0.223 e. The topological polar surface area (TPSA) is 37.3 Å². The molecule has 0 aromatic carbocycles. The molecular formula is C10H14O2. The number of carbonyl (C=O) groups is 1. The van der Waals surface area contributed by atoms with Gasteiger partial charge in [0.25, 0.3) is 0 Å². The van der Waals surface area contributed by atoms with Crippen molar-refractivity contribution in [1.82, 2.24) is 0 Å². The Morgan fingerprint density at radius 3 is 2.42 bits per heavy atom. The second kappa shape index (κ2) is 3.13. The van der Waals surface area contributed by atoms with Crippen molar-refractivity contribution in [3.63, 3.8) is 0 Å². The number of hydrogen-bond donors (Lipinski definition) is 1. The normalized spacial score (nSPS) is 18.6. The molecule has 0 aliphatic heterocycles. The summed E-state index contributed by atoms with van der Waals surface area (Å²) >= 11 is 0. The van der Waals surface area contributed by atoms with E-state index in [0.29, 0.717) is 0 Å². The summed E-state index contributed by atoms with van der Waals surface area (Å²) in [7, 11) is 0. The summed E-state index contributed by atoms with van der Waals surface area (Å²) in [6.07, 6.45) is 1.58. The van der Waals surface area contributed by atoms with Crippen LogP contribution in [0.2, 0.25) is 0 Å². The third-order valence-corrected chi connectivity index (χ3v) is 2.25. The average Bonchev–Trinajstić information content (AvgIpc) is 2.00. The molecule has 0 radical (unpaired) electrons. The molecular weight excluding hydrogens is 152 g/mol. The highest BCUT2D eigenvalue weighted by Gasteiger charge is 2.22. The number of Topliss-reactive ketones (excluding diaryl/α,β-unsaturated/α-hetero) is 1. The van der Waals surface area contributed by atoms with Gasteiger partial charge in [0.2, 0.25) is 5.78 Å². The van der Waals surface area contributed by atoms with Crippen LogP contribution in [0.3, 0.4) is 0 Å². The Kier molecular flexibility index (Phi) is 2.36. The summed E-state index contributed by atoms with van der Waals surface area (Å²) in [6.45, 7) is 5.61. The second-order valence-electron chi connectivity index (χ2n) is 3.44. The van der Waals surface area contributed by atoms with Gasteiger partial charge in [-0.15, -0.1) is 0 Å². The summed E-state index contributed by atoms with van der Waals surface area (Å²) < 4.78 is 0. The molecule has 2 nitrogen and oxygen atoms in total. The Morgan fingerprint density at radius 2 is 1.92 bits per heavy atom. The lowest BCUT2D eigenvalue weighted by Gasteiger charge is -2.16. The third-order valence-electron chi connectivity index (χ3n) is 2.25. The lowest BCUT2D eigenvalue weighted by Crippen LogP contribution is -2.14. The molecule has 1 N–H and O–H groups in total. The number of ketones is 1. The van der Waals surface area contributed by atoms with E-state index in [9.17, 15) is 9.90 Å². The summed E-state index contributed by atoms with van der Waals surface area (Å²) in [6, 6.07) is 0. The molecule has 0 aromatic heterocycles. The van der Waals surface area contributed by atoms with E-state index in [4.69, 9.17) is 0 Å². The monoisotopic (exact) mass is 166 g/mol. The van der Waals surface area contributed by atoms with Crippen molar-refractivity contribution in [2.24, 2.45) is 0 Å². The van der Waals surface area contributed by atoms with Crippen LogP contribution >= 0.6 is 0 Å². The van der Waals surface area contributed by atoms with Crippen molar-refractivity contribution >= 4 is 5.78 Å². The fraction of sp³-hybridized carbons (Fsp3) is 0.500. The zero-order chi connectivity index (χ0) is 9.30. The predicted molar refractivity (Wildman–Crippen MR) is 47.9 cm³/mol. The molecule has 0 atom stereocenters. The molecule has 0 saturated carbocycles. The van der Waals surface area contributed by atoms with Crippen LogP contribution in [-0.2, 0) is 4.79 Å². The van der Waals surface area contributed by atoms with E-state index in [0.717, 1.165) is 29.6 Å². The molecule has 1 aliphatic carbocycles. The smallest absolute Gasteiger partial charge is 0.223 e. The van der Waals surface area contributed by atoms with E-state index in [2.05, 4.69) is 0 Å². The molecule has 0 amide bonds. The Bertz CT molecular complexity index is 278. The van der Waals surface area contributed by atoms with Crippen LogP contribution in [0, 0.1) is 0 Å². The van der Waals surface area contributed by atoms with Crippen molar-refractivity contribution in [1.29, 1.82) is 0 Å². The van der Waals surface area contributed by atoms with E-state index >= 15 is 0 Å². The molecule has 0 bridgehead atoms. The molecule has 12 heavy (non-hydrogen) atoms. The number of hydrogen-bond acceptors (Lipinski definition) is 2. The van der Waals surface area contributed by atoms with E-state index < -0.39 is 0 Å². The van der Waals surface area contributed by atoms with Gasteiger partial charge in [0, 0.05) is 5.57 Å². The maximum absolute atomic E-state index is 11.4. The number of aliphatic hydroxyl groups excluding tert-OH is 1. The highest BCUT2D eigenvalue weighted by Crippen LogP contribution is 2.26. The molecule has 66 valence electrons.